The molecule has 0 saturated heterocycles. The quantitative estimate of drug-likeness (QED) is 0.0174. The number of hydrogen-bond acceptors (Lipinski definition) is 20. The van der Waals surface area contributed by atoms with E-state index in [2.05, 4.69) is 63.1 Å². The van der Waals surface area contributed by atoms with Crippen molar-refractivity contribution in [3.8, 4) is 22.9 Å². The number of carbonyl (C=O) groups excluding carboxylic acids is 2. The van der Waals surface area contributed by atoms with Gasteiger partial charge in [-0.15, -0.1) is 0 Å². The number of unbranched alkanes of at least 4 members (excludes halogenated alkanes) is 1. The van der Waals surface area contributed by atoms with Crippen LogP contribution in [0.3, 0.4) is 0 Å². The number of benzene rings is 4. The second-order valence-electron chi connectivity index (χ2n) is 23.5. The molecule has 94 heavy (non-hydrogen) atoms. The number of fused-ring (bicyclic) bond motifs is 6. The highest BCUT2D eigenvalue weighted by Crippen LogP contribution is 2.41. The second-order valence-corrected chi connectivity index (χ2v) is 23.5. The Bertz CT molecular complexity index is 4450. The highest BCUT2D eigenvalue weighted by atomic mass is 16.6. The van der Waals surface area contributed by atoms with Gasteiger partial charge in [-0.2, -0.15) is 0 Å². The monoisotopic (exact) mass is 1260 g/mol. The summed E-state index contributed by atoms with van der Waals surface area (Å²) >= 11 is 0. The molecule has 0 spiro atoms. The first-order valence-corrected chi connectivity index (χ1v) is 31.3. The smallest absolute Gasteiger partial charge is 0.343 e. The average molecular weight is 1260 g/mol. The molecule has 9 heterocycles. The van der Waals surface area contributed by atoms with Crippen LogP contribution < -0.4 is 19.9 Å². The van der Waals surface area contributed by atoms with Gasteiger partial charge in [-0.3, -0.25) is 44.6 Å². The molecule has 1 N–H and O–H groups in total. The number of aliphatic hydroxyl groups is 1. The molecule has 0 radical (unpaired) electrons. The number of aromatic nitrogens is 8. The van der Waals surface area contributed by atoms with E-state index in [0.29, 0.717) is 112 Å². The third-order valence-electron chi connectivity index (χ3n) is 17.2. The number of anilines is 1. The Morgan fingerprint density at radius 1 is 0.670 bits per heavy atom. The Labute approximate surface area is 540 Å². The summed E-state index contributed by atoms with van der Waals surface area (Å²) in [6.07, 6.45) is 9.13. The van der Waals surface area contributed by atoms with Crippen LogP contribution in [0.25, 0.3) is 33.3 Å². The first kappa shape index (κ1) is 61.9. The summed E-state index contributed by atoms with van der Waals surface area (Å²) in [7, 11) is 0. The fraction of sp³-hybridized carbons (Fsp3) is 0.250. The number of aryl methyl sites for hydroxylation is 1. The molecular weight excluding hydrogens is 1190 g/mol. The summed E-state index contributed by atoms with van der Waals surface area (Å²) in [5.74, 6) is -0.345. The van der Waals surface area contributed by atoms with Gasteiger partial charge in [0.2, 0.25) is 5.52 Å². The molecule has 0 amide bonds. The fourth-order valence-corrected chi connectivity index (χ4v) is 12.6. The highest BCUT2D eigenvalue weighted by Gasteiger charge is 2.45. The number of carbonyl (C=O) groups is 2. The first-order valence-electron chi connectivity index (χ1n) is 31.3. The van der Waals surface area contributed by atoms with E-state index >= 15 is 0 Å². The van der Waals surface area contributed by atoms with Crippen LogP contribution in [-0.4, -0.2) is 84.7 Å². The van der Waals surface area contributed by atoms with E-state index in [9.17, 15) is 29.6 Å². The molecule has 2 aliphatic heterocycles. The van der Waals surface area contributed by atoms with Crippen LogP contribution in [0.5, 0.6) is 11.5 Å². The minimum atomic E-state index is -1.95. The molecule has 7 aromatic heterocycles. The zero-order valence-electron chi connectivity index (χ0n) is 51.8. The molecule has 0 bridgehead atoms. The van der Waals surface area contributed by atoms with Crippen LogP contribution >= 0.6 is 0 Å². The van der Waals surface area contributed by atoms with Gasteiger partial charge in [0.25, 0.3) is 5.56 Å². The van der Waals surface area contributed by atoms with Gasteiger partial charge in [0.1, 0.15) is 18.1 Å². The molecule has 0 aliphatic carbocycles. The van der Waals surface area contributed by atoms with E-state index in [1.807, 2.05) is 117 Å². The van der Waals surface area contributed by atoms with Crippen LogP contribution in [0.4, 0.5) is 11.4 Å². The molecule has 0 saturated carbocycles. The molecule has 1 atom stereocenters. The predicted molar refractivity (Wildman–Crippen MR) is 349 cm³/mol. The van der Waals surface area contributed by atoms with Crippen molar-refractivity contribution in [2.45, 2.75) is 104 Å². The largest absolute Gasteiger partial charge is 0.494 e. The van der Waals surface area contributed by atoms with Gasteiger partial charge >= 0.3 is 17.6 Å². The number of cyclic esters (lactones) is 1. The van der Waals surface area contributed by atoms with Gasteiger partial charge in [0.05, 0.1) is 74.6 Å². The number of rotatable bonds is 26. The molecule has 0 unspecified atom stereocenters. The number of esters is 2. The van der Waals surface area contributed by atoms with Gasteiger partial charge in [0, 0.05) is 99.7 Å². The van der Waals surface area contributed by atoms with E-state index in [0.717, 1.165) is 61.7 Å². The Morgan fingerprint density at radius 3 is 1.86 bits per heavy atom. The molecule has 22 heteroatoms. The van der Waals surface area contributed by atoms with Crippen LogP contribution in [0, 0.1) is 10.1 Å². The molecule has 22 nitrogen and oxygen atoms in total. The third kappa shape index (κ3) is 13.4. The summed E-state index contributed by atoms with van der Waals surface area (Å²) in [4.78, 5) is 82.6. The van der Waals surface area contributed by atoms with Crippen LogP contribution in [-0.2, 0) is 80.5 Å². The Balaban J connectivity index is 0.721. The van der Waals surface area contributed by atoms with Crippen molar-refractivity contribution < 1.29 is 38.5 Å². The average Bonchev–Trinajstić information content (AvgIpc) is 1.51. The lowest BCUT2D eigenvalue weighted by Crippen LogP contribution is -2.44. The Hall–Kier alpha value is -10.9. The number of nitrogens with zero attached hydrogens (tertiary/aromatic N) is 12. The van der Waals surface area contributed by atoms with E-state index in [1.165, 1.54) is 6.07 Å². The van der Waals surface area contributed by atoms with Crippen molar-refractivity contribution in [3.05, 3.63) is 264 Å². The summed E-state index contributed by atoms with van der Waals surface area (Å²) in [5.41, 5.74) is 9.29. The maximum Gasteiger partial charge on any atom is 0.343 e. The number of nitro groups is 1. The van der Waals surface area contributed by atoms with E-state index in [-0.39, 0.29) is 53.0 Å². The zero-order chi connectivity index (χ0) is 64.7. The maximum atomic E-state index is 13.9. The first-order chi connectivity index (χ1) is 45.9. The number of ether oxygens (including phenoxy) is 3. The predicted octanol–water partition coefficient (Wildman–Crippen LogP) is 11.2. The van der Waals surface area contributed by atoms with Gasteiger partial charge < -0.3 is 28.8 Å². The van der Waals surface area contributed by atoms with Crippen molar-refractivity contribution in [2.75, 3.05) is 18.1 Å². The van der Waals surface area contributed by atoms with E-state index in [4.69, 9.17) is 23.8 Å². The van der Waals surface area contributed by atoms with Crippen molar-refractivity contribution in [3.63, 3.8) is 0 Å². The third-order valence-corrected chi connectivity index (χ3v) is 17.2. The molecule has 4 aromatic carbocycles. The van der Waals surface area contributed by atoms with E-state index < -0.39 is 22.5 Å². The Kier molecular flexibility index (Phi) is 18.1. The molecule has 0 fully saturated rings. The van der Waals surface area contributed by atoms with Crippen molar-refractivity contribution in [1.82, 2.24) is 49.6 Å². The van der Waals surface area contributed by atoms with Crippen molar-refractivity contribution >= 4 is 45.2 Å². The summed E-state index contributed by atoms with van der Waals surface area (Å²) in [5, 5.41) is 32.3. The Morgan fingerprint density at radius 2 is 1.29 bits per heavy atom. The highest BCUT2D eigenvalue weighted by molar-refractivity contribution is 5.95. The van der Waals surface area contributed by atoms with Gasteiger partial charge in [0.15, 0.2) is 11.1 Å². The minimum Gasteiger partial charge on any atom is -0.494 e. The summed E-state index contributed by atoms with van der Waals surface area (Å²) < 4.78 is 24.7. The lowest BCUT2D eigenvalue weighted by atomic mass is 9.86. The lowest BCUT2D eigenvalue weighted by molar-refractivity contribution is -0.383. The standard InChI is InChI=1S/C72H66N12O10/c1-3-57-58-36-55(23-24-62(58)77-66-59(57)45-83-65(66)37-61-60(69(83)85)46-92-71(87)72(61,88)4-2)93-70(86)50-21-19-47(20-22-50)40-82(63-25-26-64(84(89)90)68-67(63)78-94-79-68)31-13-14-32-91-56-34-48(38-80(41-51-15-5-9-27-73-51)42-52-16-6-10-28-74-52)33-49(35-56)39-81(43-53-17-7-11-29-75-53)44-54-18-8-12-30-76-54/h5-12,15-30,33-37,88H,3-4,13-14,31-32,38-46H2,1-2H3/t72-/m0/s1. The maximum absolute atomic E-state index is 13.9. The van der Waals surface area contributed by atoms with Gasteiger partial charge in [-0.05, 0) is 161 Å². The van der Waals surface area contributed by atoms with Crippen LogP contribution in [0.15, 0.2) is 186 Å². The summed E-state index contributed by atoms with van der Waals surface area (Å²) in [6, 6.07) is 47.3. The van der Waals surface area contributed by atoms with Gasteiger partial charge in [-0.1, -0.05) is 56.3 Å². The van der Waals surface area contributed by atoms with Crippen molar-refractivity contribution in [2.24, 2.45) is 0 Å². The fourth-order valence-electron chi connectivity index (χ4n) is 12.6. The number of non-ortho nitro benzene ring substituents is 1. The zero-order valence-corrected chi connectivity index (χ0v) is 51.8. The molecule has 13 rings (SSSR count). The van der Waals surface area contributed by atoms with Crippen molar-refractivity contribution in [1.29, 1.82) is 0 Å². The SMILES string of the molecule is CCc1c2c(nc3ccc(OC(=O)c4ccc(CN(CCCCOc5cc(CN(Cc6ccccn6)Cc6ccccn6)cc(CN(Cc6ccccn6)Cc6ccccn6)c5)c5ccc([N+](=O)[O-])c6nonc56)cc4)cc13)-c1cc3c(c(=O)n1C2)COC(=O)[C@]3(O)CC. The lowest BCUT2D eigenvalue weighted by Gasteiger charge is -2.31. The van der Waals surface area contributed by atoms with Gasteiger partial charge in [-0.25, -0.2) is 19.2 Å². The summed E-state index contributed by atoms with van der Waals surface area (Å²) in [6.45, 7) is 8.41. The number of nitro benzene ring substituents is 1. The van der Waals surface area contributed by atoms with E-state index in [1.54, 1.807) is 54.0 Å². The molecule has 11 aromatic rings. The molecular formula is C72H66N12O10. The number of pyridine rings is 6. The second kappa shape index (κ2) is 27.5. The van der Waals surface area contributed by atoms with Crippen LogP contribution in [0.1, 0.15) is 105 Å². The van der Waals surface area contributed by atoms with Crippen LogP contribution in [0.2, 0.25) is 0 Å². The molecule has 2 aliphatic rings. The number of hydrogen-bond donors (Lipinski definition) is 1. The normalized spacial score (nSPS) is 14.0. The topological polar surface area (TPSA) is 260 Å². The minimum absolute atomic E-state index is 0.0284. The molecule has 474 valence electrons.